The molecule has 3 heterocycles. The van der Waals surface area contributed by atoms with E-state index in [1.807, 2.05) is 29.2 Å². The summed E-state index contributed by atoms with van der Waals surface area (Å²) in [5, 5.41) is 0.691. The first-order valence-corrected chi connectivity index (χ1v) is 10.0. The maximum atomic E-state index is 13.2. The lowest BCUT2D eigenvalue weighted by Crippen LogP contribution is -2.38. The number of rotatable bonds is 5. The second-order valence-corrected chi connectivity index (χ2v) is 7.48. The van der Waals surface area contributed by atoms with Gasteiger partial charge >= 0.3 is 0 Å². The molecular formula is C22H22ClN3O3. The van der Waals surface area contributed by atoms with Gasteiger partial charge in [-0.05, 0) is 49.1 Å². The number of benzene rings is 1. The van der Waals surface area contributed by atoms with Gasteiger partial charge in [0.1, 0.15) is 17.4 Å². The Hall–Kier alpha value is -2.86. The van der Waals surface area contributed by atoms with Crippen molar-refractivity contribution in [3.63, 3.8) is 0 Å². The van der Waals surface area contributed by atoms with E-state index in [1.54, 1.807) is 24.5 Å². The van der Waals surface area contributed by atoms with Crippen molar-refractivity contribution in [2.24, 2.45) is 0 Å². The van der Waals surface area contributed by atoms with E-state index in [0.29, 0.717) is 35.3 Å². The first-order valence-electron chi connectivity index (χ1n) is 9.64. The summed E-state index contributed by atoms with van der Waals surface area (Å²) in [5.41, 5.74) is 1.50. The van der Waals surface area contributed by atoms with Crippen molar-refractivity contribution in [1.29, 1.82) is 0 Å². The predicted molar refractivity (Wildman–Crippen MR) is 109 cm³/mol. The number of hydrogen-bond donors (Lipinski definition) is 0. The van der Waals surface area contributed by atoms with Crippen LogP contribution in [0.4, 0.5) is 0 Å². The zero-order valence-electron chi connectivity index (χ0n) is 16.2. The zero-order valence-corrected chi connectivity index (χ0v) is 16.9. The van der Waals surface area contributed by atoms with E-state index < -0.39 is 0 Å². The summed E-state index contributed by atoms with van der Waals surface area (Å²) in [5.74, 6) is 1.53. The SMILES string of the molecule is COc1ncccc1C(=O)N1CCCC[C@H]1c1ncc(Cc2cccc(Cl)c2)o1. The van der Waals surface area contributed by atoms with Crippen molar-refractivity contribution in [2.45, 2.75) is 31.7 Å². The van der Waals surface area contributed by atoms with Gasteiger partial charge in [0, 0.05) is 24.2 Å². The minimum absolute atomic E-state index is 0.116. The van der Waals surface area contributed by atoms with Crippen LogP contribution in [0.15, 0.2) is 53.2 Å². The second-order valence-electron chi connectivity index (χ2n) is 7.04. The van der Waals surface area contributed by atoms with Gasteiger partial charge in [-0.3, -0.25) is 4.79 Å². The van der Waals surface area contributed by atoms with Crippen molar-refractivity contribution < 1.29 is 13.9 Å². The van der Waals surface area contributed by atoms with E-state index in [9.17, 15) is 4.79 Å². The van der Waals surface area contributed by atoms with E-state index in [4.69, 9.17) is 20.8 Å². The van der Waals surface area contributed by atoms with Crippen LogP contribution in [0.1, 0.15) is 52.9 Å². The number of nitrogens with zero attached hydrogens (tertiary/aromatic N) is 3. The molecule has 1 fully saturated rings. The number of carbonyl (C=O) groups is 1. The van der Waals surface area contributed by atoms with Crippen LogP contribution in [0, 0.1) is 0 Å². The van der Waals surface area contributed by atoms with E-state index >= 15 is 0 Å². The molecule has 0 radical (unpaired) electrons. The molecule has 0 spiro atoms. The number of methoxy groups -OCH3 is 1. The van der Waals surface area contributed by atoms with Crippen molar-refractivity contribution in [3.8, 4) is 5.88 Å². The number of ether oxygens (including phenoxy) is 1. The highest BCUT2D eigenvalue weighted by molar-refractivity contribution is 6.30. The maximum Gasteiger partial charge on any atom is 0.260 e. The zero-order chi connectivity index (χ0) is 20.2. The van der Waals surface area contributed by atoms with Crippen LogP contribution >= 0.6 is 11.6 Å². The Bertz CT molecular complexity index is 1000. The molecule has 1 aliphatic heterocycles. The molecule has 0 unspecified atom stereocenters. The van der Waals surface area contributed by atoms with E-state index in [2.05, 4.69) is 9.97 Å². The summed E-state index contributed by atoms with van der Waals surface area (Å²) < 4.78 is 11.3. The summed E-state index contributed by atoms with van der Waals surface area (Å²) in [6, 6.07) is 10.9. The van der Waals surface area contributed by atoms with Crippen molar-refractivity contribution in [3.05, 3.63) is 76.6 Å². The highest BCUT2D eigenvalue weighted by Gasteiger charge is 2.33. The van der Waals surface area contributed by atoms with Gasteiger partial charge in [-0.25, -0.2) is 9.97 Å². The third-order valence-electron chi connectivity index (χ3n) is 5.08. The average molecular weight is 412 g/mol. The Labute approximate surface area is 174 Å². The Balaban J connectivity index is 1.56. The highest BCUT2D eigenvalue weighted by Crippen LogP contribution is 2.33. The fourth-order valence-electron chi connectivity index (χ4n) is 3.71. The molecule has 2 aromatic heterocycles. The fraction of sp³-hybridized carbons (Fsp3) is 0.318. The largest absolute Gasteiger partial charge is 0.480 e. The average Bonchev–Trinajstić information content (AvgIpc) is 3.21. The number of pyridine rings is 1. The minimum atomic E-state index is -0.200. The number of amides is 1. The summed E-state index contributed by atoms with van der Waals surface area (Å²) in [4.78, 5) is 23.7. The Kier molecular flexibility index (Phi) is 5.81. The van der Waals surface area contributed by atoms with Gasteiger partial charge in [0.25, 0.3) is 5.91 Å². The number of halogens is 1. The smallest absolute Gasteiger partial charge is 0.260 e. The molecule has 0 aliphatic carbocycles. The molecule has 1 atom stereocenters. The van der Waals surface area contributed by atoms with Crippen LogP contribution in [0.5, 0.6) is 5.88 Å². The number of carbonyl (C=O) groups excluding carboxylic acids is 1. The van der Waals surface area contributed by atoms with Crippen molar-refractivity contribution >= 4 is 17.5 Å². The van der Waals surface area contributed by atoms with Crippen molar-refractivity contribution in [2.75, 3.05) is 13.7 Å². The third kappa shape index (κ3) is 4.27. The number of aromatic nitrogens is 2. The Morgan fingerprint density at radius 3 is 3.00 bits per heavy atom. The van der Waals surface area contributed by atoms with Gasteiger partial charge in [0.2, 0.25) is 11.8 Å². The normalized spacial score (nSPS) is 16.6. The van der Waals surface area contributed by atoms with Crippen LogP contribution in [-0.2, 0) is 6.42 Å². The van der Waals surface area contributed by atoms with E-state index in [1.165, 1.54) is 7.11 Å². The predicted octanol–water partition coefficient (Wildman–Crippen LogP) is 4.69. The van der Waals surface area contributed by atoms with E-state index in [-0.39, 0.29) is 11.9 Å². The molecule has 0 N–H and O–H groups in total. The molecule has 0 bridgehead atoms. The topological polar surface area (TPSA) is 68.5 Å². The molecule has 150 valence electrons. The fourth-order valence-corrected chi connectivity index (χ4v) is 3.92. The van der Waals surface area contributed by atoms with Crippen LogP contribution in [0.25, 0.3) is 0 Å². The molecule has 1 aromatic carbocycles. The lowest BCUT2D eigenvalue weighted by molar-refractivity contribution is 0.0566. The summed E-state index contributed by atoms with van der Waals surface area (Å²) in [7, 11) is 1.52. The Morgan fingerprint density at radius 1 is 1.28 bits per heavy atom. The molecule has 1 amide bonds. The minimum Gasteiger partial charge on any atom is -0.480 e. The van der Waals surface area contributed by atoms with Gasteiger partial charge in [-0.1, -0.05) is 23.7 Å². The molecule has 7 heteroatoms. The molecule has 1 aliphatic rings. The number of hydrogen-bond acceptors (Lipinski definition) is 5. The van der Waals surface area contributed by atoms with Gasteiger partial charge < -0.3 is 14.1 Å². The lowest BCUT2D eigenvalue weighted by atomic mass is 10.0. The molecule has 3 aromatic rings. The van der Waals surface area contributed by atoms with Crippen molar-refractivity contribution in [1.82, 2.24) is 14.9 Å². The molecule has 4 rings (SSSR count). The van der Waals surface area contributed by atoms with Gasteiger partial charge in [0.15, 0.2) is 0 Å². The molecule has 6 nitrogen and oxygen atoms in total. The molecular weight excluding hydrogens is 390 g/mol. The lowest BCUT2D eigenvalue weighted by Gasteiger charge is -2.34. The standard InChI is InChI=1S/C22H22ClN3O3/c1-28-20-18(8-5-10-24-20)22(27)26-11-3-2-9-19(26)21-25-14-17(29-21)13-15-6-4-7-16(23)12-15/h4-8,10,12,14,19H,2-3,9,11,13H2,1H3/t19-/m0/s1. The number of oxazole rings is 1. The van der Waals surface area contributed by atoms with Crippen LogP contribution in [-0.4, -0.2) is 34.4 Å². The number of piperidine rings is 1. The quantitative estimate of drug-likeness (QED) is 0.609. The highest BCUT2D eigenvalue weighted by atomic mass is 35.5. The van der Waals surface area contributed by atoms with E-state index in [0.717, 1.165) is 30.6 Å². The van der Waals surface area contributed by atoms with Gasteiger partial charge in [-0.2, -0.15) is 0 Å². The first kappa shape index (κ1) is 19.5. The second kappa shape index (κ2) is 8.66. The Morgan fingerprint density at radius 2 is 2.17 bits per heavy atom. The third-order valence-corrected chi connectivity index (χ3v) is 5.32. The first-order chi connectivity index (χ1) is 14.2. The van der Waals surface area contributed by atoms with Crippen LogP contribution in [0.3, 0.4) is 0 Å². The number of likely N-dealkylation sites (tertiary alicyclic amines) is 1. The maximum absolute atomic E-state index is 13.2. The summed E-state index contributed by atoms with van der Waals surface area (Å²) in [6.07, 6.45) is 6.72. The molecule has 0 saturated carbocycles. The van der Waals surface area contributed by atoms with Crippen LogP contribution in [0.2, 0.25) is 5.02 Å². The molecule has 29 heavy (non-hydrogen) atoms. The summed E-state index contributed by atoms with van der Waals surface area (Å²) in [6.45, 7) is 0.646. The van der Waals surface area contributed by atoms with Gasteiger partial charge in [0.05, 0.1) is 13.3 Å². The van der Waals surface area contributed by atoms with Gasteiger partial charge in [-0.15, -0.1) is 0 Å². The monoisotopic (exact) mass is 411 g/mol. The summed E-state index contributed by atoms with van der Waals surface area (Å²) >= 11 is 6.07. The molecule has 1 saturated heterocycles. The van der Waals surface area contributed by atoms with Crippen LogP contribution < -0.4 is 4.74 Å².